The monoisotopic (exact) mass is 477 g/mol. The molecule has 34 heavy (non-hydrogen) atoms. The molecule has 1 saturated heterocycles. The van der Waals surface area contributed by atoms with Crippen molar-refractivity contribution in [2.75, 3.05) is 62.4 Å². The van der Waals surface area contributed by atoms with Gasteiger partial charge in [0.15, 0.2) is 0 Å². The zero-order valence-corrected chi connectivity index (χ0v) is 20.7. The summed E-state index contributed by atoms with van der Waals surface area (Å²) >= 11 is 0. The molecule has 1 fully saturated rings. The van der Waals surface area contributed by atoms with Crippen molar-refractivity contribution < 1.29 is 9.00 Å². The predicted molar refractivity (Wildman–Crippen MR) is 139 cm³/mol. The SMILES string of the molecule is CN1CCN(c2ccc(NC(=O)c3cnccc3S(=O)Cc3ccccc3N(C)C)cc2)CC1. The number of hydrogen-bond donors (Lipinski definition) is 1. The van der Waals surface area contributed by atoms with Gasteiger partial charge in [-0.05, 0) is 49.0 Å². The lowest BCUT2D eigenvalue weighted by Gasteiger charge is -2.34. The van der Waals surface area contributed by atoms with Gasteiger partial charge in [0.05, 0.1) is 27.0 Å². The van der Waals surface area contributed by atoms with E-state index in [4.69, 9.17) is 0 Å². The third-order valence-electron chi connectivity index (χ3n) is 6.02. The second-order valence-electron chi connectivity index (χ2n) is 8.68. The van der Waals surface area contributed by atoms with Crippen molar-refractivity contribution in [2.24, 2.45) is 0 Å². The van der Waals surface area contributed by atoms with Crippen LogP contribution in [0.4, 0.5) is 17.1 Å². The maximum atomic E-state index is 13.3. The lowest BCUT2D eigenvalue weighted by Crippen LogP contribution is -2.44. The summed E-state index contributed by atoms with van der Waals surface area (Å²) in [5, 5.41) is 2.94. The van der Waals surface area contributed by atoms with Crippen LogP contribution >= 0.6 is 0 Å². The Kier molecular flexibility index (Phi) is 7.59. The van der Waals surface area contributed by atoms with Gasteiger partial charge in [-0.15, -0.1) is 0 Å². The van der Waals surface area contributed by atoms with Crippen LogP contribution in [-0.4, -0.2) is 67.3 Å². The Hall–Kier alpha value is -3.23. The molecule has 1 aromatic heterocycles. The summed E-state index contributed by atoms with van der Waals surface area (Å²) in [5.74, 6) is 0.00272. The molecule has 178 valence electrons. The molecule has 3 aromatic rings. The summed E-state index contributed by atoms with van der Waals surface area (Å²) in [7, 11) is 4.66. The molecular weight excluding hydrogens is 446 g/mol. The number of hydrogen-bond acceptors (Lipinski definition) is 6. The molecule has 4 rings (SSSR count). The number of anilines is 3. The number of nitrogens with zero attached hydrogens (tertiary/aromatic N) is 4. The summed E-state index contributed by atoms with van der Waals surface area (Å²) in [4.78, 5) is 24.3. The first-order valence-electron chi connectivity index (χ1n) is 11.3. The van der Waals surface area contributed by atoms with Crippen LogP contribution in [0.3, 0.4) is 0 Å². The Bertz CT molecular complexity index is 1160. The Morgan fingerprint density at radius 3 is 2.44 bits per heavy atom. The zero-order chi connectivity index (χ0) is 24.1. The number of carbonyl (C=O) groups excluding carboxylic acids is 1. The summed E-state index contributed by atoms with van der Waals surface area (Å²) in [5.41, 5.74) is 4.14. The average Bonchev–Trinajstić information content (AvgIpc) is 2.85. The number of amides is 1. The van der Waals surface area contributed by atoms with E-state index >= 15 is 0 Å². The molecule has 0 saturated carbocycles. The van der Waals surface area contributed by atoms with Gasteiger partial charge in [-0.25, -0.2) is 0 Å². The van der Waals surface area contributed by atoms with Crippen LogP contribution in [0.25, 0.3) is 0 Å². The lowest BCUT2D eigenvalue weighted by molar-refractivity contribution is 0.102. The average molecular weight is 478 g/mol. The van der Waals surface area contributed by atoms with E-state index in [-0.39, 0.29) is 5.91 Å². The van der Waals surface area contributed by atoms with Gasteiger partial charge in [0, 0.05) is 69.7 Å². The van der Waals surface area contributed by atoms with Crippen LogP contribution in [0.5, 0.6) is 0 Å². The minimum absolute atomic E-state index is 0.315. The van der Waals surface area contributed by atoms with Crippen LogP contribution in [0.2, 0.25) is 0 Å². The van der Waals surface area contributed by atoms with Crippen LogP contribution in [0, 0.1) is 0 Å². The molecule has 1 unspecified atom stereocenters. The van der Waals surface area contributed by atoms with Gasteiger partial charge >= 0.3 is 0 Å². The van der Waals surface area contributed by atoms with E-state index < -0.39 is 10.8 Å². The number of rotatable bonds is 7. The number of benzene rings is 2. The number of aromatic nitrogens is 1. The Morgan fingerprint density at radius 2 is 1.74 bits per heavy atom. The highest BCUT2D eigenvalue weighted by atomic mass is 32.2. The van der Waals surface area contributed by atoms with Gasteiger partial charge in [0.1, 0.15) is 0 Å². The van der Waals surface area contributed by atoms with E-state index in [2.05, 4.69) is 27.1 Å². The Morgan fingerprint density at radius 1 is 1.03 bits per heavy atom. The van der Waals surface area contributed by atoms with E-state index in [1.165, 1.54) is 6.20 Å². The van der Waals surface area contributed by atoms with E-state index in [0.29, 0.717) is 21.9 Å². The van der Waals surface area contributed by atoms with Crippen molar-refractivity contribution in [2.45, 2.75) is 10.6 Å². The predicted octanol–water partition coefficient (Wildman–Crippen LogP) is 3.46. The first-order chi connectivity index (χ1) is 16.4. The molecule has 7 nitrogen and oxygen atoms in total. The summed E-state index contributed by atoms with van der Waals surface area (Å²) in [6.07, 6.45) is 3.06. The highest BCUT2D eigenvalue weighted by Gasteiger charge is 2.19. The van der Waals surface area contributed by atoms with E-state index in [1.807, 2.05) is 67.5 Å². The van der Waals surface area contributed by atoms with E-state index in [0.717, 1.165) is 43.1 Å². The molecule has 1 atom stereocenters. The van der Waals surface area contributed by atoms with Crippen molar-refractivity contribution >= 4 is 33.8 Å². The Labute approximate surface area is 203 Å². The summed E-state index contributed by atoms with van der Waals surface area (Å²) in [6, 6.07) is 17.4. The smallest absolute Gasteiger partial charge is 0.258 e. The van der Waals surface area contributed by atoms with Gasteiger partial charge in [-0.2, -0.15) is 0 Å². The molecule has 1 amide bonds. The highest BCUT2D eigenvalue weighted by Crippen LogP contribution is 2.24. The number of piperazine rings is 1. The molecule has 8 heteroatoms. The molecule has 1 N–H and O–H groups in total. The van der Waals surface area contributed by atoms with Crippen molar-refractivity contribution in [3.63, 3.8) is 0 Å². The minimum Gasteiger partial charge on any atom is -0.377 e. The molecule has 1 aliphatic rings. The maximum absolute atomic E-state index is 13.3. The summed E-state index contributed by atoms with van der Waals surface area (Å²) in [6.45, 7) is 4.06. The fourth-order valence-corrected chi connectivity index (χ4v) is 5.34. The van der Waals surface area contributed by atoms with Crippen LogP contribution in [0.15, 0.2) is 71.9 Å². The standard InChI is InChI=1S/C26H31N5O2S/c1-29(2)24-7-5-4-6-20(24)19-34(33)25-12-13-27-18-23(25)26(32)28-21-8-10-22(11-9-21)31-16-14-30(3)15-17-31/h4-13,18H,14-17,19H2,1-3H3,(H,28,32). The molecule has 2 heterocycles. The van der Waals surface area contributed by atoms with E-state index in [1.54, 1.807) is 12.3 Å². The normalized spacial score (nSPS) is 15.1. The first kappa shape index (κ1) is 23.9. The molecule has 0 bridgehead atoms. The quantitative estimate of drug-likeness (QED) is 0.562. The molecule has 1 aliphatic heterocycles. The topological polar surface area (TPSA) is 68.8 Å². The number of nitrogens with one attached hydrogen (secondary N) is 1. The highest BCUT2D eigenvalue weighted by molar-refractivity contribution is 7.84. The second-order valence-corrected chi connectivity index (χ2v) is 10.1. The number of likely N-dealkylation sites (N-methyl/N-ethyl adjacent to an activating group) is 1. The van der Waals surface area contributed by atoms with Gasteiger partial charge in [-0.1, -0.05) is 18.2 Å². The molecule has 0 radical (unpaired) electrons. The molecule has 0 aliphatic carbocycles. The largest absolute Gasteiger partial charge is 0.377 e. The van der Waals surface area contributed by atoms with Crippen molar-refractivity contribution in [1.82, 2.24) is 9.88 Å². The number of pyridine rings is 1. The van der Waals surface area contributed by atoms with E-state index in [9.17, 15) is 9.00 Å². The van der Waals surface area contributed by atoms with Gasteiger partial charge in [0.2, 0.25) is 0 Å². The lowest BCUT2D eigenvalue weighted by atomic mass is 10.2. The molecule has 2 aromatic carbocycles. The zero-order valence-electron chi connectivity index (χ0n) is 19.9. The van der Waals surface area contributed by atoms with Gasteiger partial charge < -0.3 is 20.0 Å². The maximum Gasteiger partial charge on any atom is 0.258 e. The van der Waals surface area contributed by atoms with Crippen molar-refractivity contribution in [3.05, 3.63) is 78.1 Å². The molecular formula is C26H31N5O2S. The fraction of sp³-hybridized carbons (Fsp3) is 0.308. The van der Waals surface area contributed by atoms with Crippen molar-refractivity contribution in [1.29, 1.82) is 0 Å². The second kappa shape index (κ2) is 10.8. The van der Waals surface area contributed by atoms with Crippen LogP contribution < -0.4 is 15.1 Å². The third kappa shape index (κ3) is 5.63. The van der Waals surface area contributed by atoms with Crippen LogP contribution in [0.1, 0.15) is 15.9 Å². The van der Waals surface area contributed by atoms with Gasteiger partial charge in [0.25, 0.3) is 5.91 Å². The number of para-hydroxylation sites is 1. The fourth-order valence-electron chi connectivity index (χ4n) is 4.06. The summed E-state index contributed by atoms with van der Waals surface area (Å²) < 4.78 is 13.3. The minimum atomic E-state index is -1.40. The van der Waals surface area contributed by atoms with Crippen LogP contribution in [-0.2, 0) is 16.6 Å². The van der Waals surface area contributed by atoms with Crippen molar-refractivity contribution in [3.8, 4) is 0 Å². The Balaban J connectivity index is 1.47. The first-order valence-corrected chi connectivity index (χ1v) is 12.7. The van der Waals surface area contributed by atoms with Gasteiger partial charge in [-0.3, -0.25) is 14.0 Å². The molecule has 0 spiro atoms. The third-order valence-corrected chi connectivity index (χ3v) is 7.44. The number of carbonyl (C=O) groups is 1.